The van der Waals surface area contributed by atoms with E-state index in [9.17, 15) is 4.11 Å². The third-order valence-electron chi connectivity index (χ3n) is 8.11. The van der Waals surface area contributed by atoms with Gasteiger partial charge in [0.2, 0.25) is 0 Å². The molecule has 200 valence electrons. The standard InChI is InChI=1S/C42H26O/c1-2-13-27(14-3-1)28-25-26-36(30-16-5-4-15-29(28)30)40-32-18-6-8-20-34(32)41(35-21-9-7-19-33(35)40)38-23-12-22-37-31-17-10-11-24-39(31)43-42(37)38/h1-26H/i1D,2D,3D,4D,5D,13D,14D,15D,16D,25D,26D. The summed E-state index contributed by atoms with van der Waals surface area (Å²) in [5, 5.41) is 4.46. The molecule has 0 aliphatic heterocycles. The lowest BCUT2D eigenvalue weighted by Gasteiger charge is -2.19. The number of hydrogen-bond acceptors (Lipinski definition) is 1. The maximum Gasteiger partial charge on any atom is 0.143 e. The molecule has 0 unspecified atom stereocenters. The highest BCUT2D eigenvalue weighted by Crippen LogP contribution is 2.48. The molecular weight excluding hydrogens is 520 g/mol. The van der Waals surface area contributed by atoms with Crippen molar-refractivity contribution in [1.82, 2.24) is 0 Å². The van der Waals surface area contributed by atoms with Gasteiger partial charge in [0.05, 0.1) is 15.1 Å². The number of rotatable bonds is 3. The van der Waals surface area contributed by atoms with Gasteiger partial charge in [-0.05, 0) is 60.6 Å². The SMILES string of the molecule is [2H]c1c([2H])c([2H])c(-c2c([2H])c([2H])c(-c3c4ccccc4c(-c4cccc5c4oc4ccccc45)c4ccccc34)c3c([2H])c([2H])c([2H])c([2H])c23)c([2H])c1[2H]. The molecular formula is C42H26O. The van der Waals surface area contributed by atoms with Crippen LogP contribution in [0.4, 0.5) is 0 Å². The van der Waals surface area contributed by atoms with E-state index < -0.39 is 72.0 Å². The zero-order chi connectivity index (χ0) is 37.9. The van der Waals surface area contributed by atoms with Crippen molar-refractivity contribution in [1.29, 1.82) is 0 Å². The Hall–Kier alpha value is -5.66. The van der Waals surface area contributed by atoms with Crippen molar-refractivity contribution in [2.75, 3.05) is 0 Å². The second-order valence-electron chi connectivity index (χ2n) is 10.4. The molecule has 43 heavy (non-hydrogen) atoms. The summed E-state index contributed by atoms with van der Waals surface area (Å²) in [5.74, 6) is 0. The van der Waals surface area contributed by atoms with Gasteiger partial charge in [-0.2, -0.15) is 0 Å². The van der Waals surface area contributed by atoms with Gasteiger partial charge in [-0.3, -0.25) is 0 Å². The zero-order valence-corrected chi connectivity index (χ0v) is 22.6. The van der Waals surface area contributed by atoms with Crippen molar-refractivity contribution in [3.05, 3.63) is 157 Å². The normalized spacial score (nSPS) is 15.3. The summed E-state index contributed by atoms with van der Waals surface area (Å²) in [6, 6.07) is 22.5. The van der Waals surface area contributed by atoms with Crippen LogP contribution in [0, 0.1) is 0 Å². The average molecular weight is 558 g/mol. The number of furan rings is 1. The first-order chi connectivity index (χ1) is 25.9. The Balaban J connectivity index is 1.50. The molecule has 0 N–H and O–H groups in total. The van der Waals surface area contributed by atoms with Crippen molar-refractivity contribution in [2.24, 2.45) is 0 Å². The molecule has 9 rings (SSSR count). The molecule has 0 bridgehead atoms. The molecule has 0 fully saturated rings. The molecule has 0 amide bonds. The van der Waals surface area contributed by atoms with Gasteiger partial charge in [0, 0.05) is 21.9 Å². The molecule has 0 spiro atoms. The van der Waals surface area contributed by atoms with Gasteiger partial charge in [-0.25, -0.2) is 0 Å². The van der Waals surface area contributed by atoms with Crippen LogP contribution in [-0.2, 0) is 0 Å². The summed E-state index contributed by atoms with van der Waals surface area (Å²) in [6.07, 6.45) is 0. The van der Waals surface area contributed by atoms with Crippen LogP contribution in [-0.4, -0.2) is 0 Å². The molecule has 1 heterocycles. The molecule has 1 nitrogen and oxygen atoms in total. The summed E-state index contributed by atoms with van der Waals surface area (Å²) < 4.78 is 104. The van der Waals surface area contributed by atoms with E-state index in [1.54, 1.807) is 0 Å². The minimum absolute atomic E-state index is 0.0685. The Morgan fingerprint density at radius 3 is 1.56 bits per heavy atom. The van der Waals surface area contributed by atoms with E-state index in [0.717, 1.165) is 38.3 Å². The van der Waals surface area contributed by atoms with Crippen LogP contribution < -0.4 is 0 Å². The van der Waals surface area contributed by atoms with Crippen molar-refractivity contribution >= 4 is 54.3 Å². The van der Waals surface area contributed by atoms with Crippen molar-refractivity contribution in [2.45, 2.75) is 0 Å². The summed E-state index contributed by atoms with van der Waals surface area (Å²) in [7, 11) is 0. The van der Waals surface area contributed by atoms with Gasteiger partial charge < -0.3 is 4.42 Å². The fraction of sp³-hybridized carbons (Fsp3) is 0. The van der Waals surface area contributed by atoms with E-state index in [4.69, 9.17) is 15.4 Å². The molecule has 0 saturated carbocycles. The highest BCUT2D eigenvalue weighted by Gasteiger charge is 2.21. The molecule has 0 saturated heterocycles. The van der Waals surface area contributed by atoms with E-state index in [2.05, 4.69) is 0 Å². The highest BCUT2D eigenvalue weighted by atomic mass is 16.3. The van der Waals surface area contributed by atoms with E-state index in [1.807, 2.05) is 91.0 Å². The van der Waals surface area contributed by atoms with Gasteiger partial charge in [0.1, 0.15) is 11.2 Å². The molecule has 1 heteroatoms. The lowest BCUT2D eigenvalue weighted by molar-refractivity contribution is 0.670. The number of hydrogen-bond donors (Lipinski definition) is 0. The fourth-order valence-corrected chi connectivity index (χ4v) is 6.32. The third-order valence-corrected chi connectivity index (χ3v) is 8.11. The number of para-hydroxylation sites is 2. The Morgan fingerprint density at radius 2 is 0.884 bits per heavy atom. The number of benzene rings is 8. The second kappa shape index (κ2) is 9.44. The summed E-state index contributed by atoms with van der Waals surface area (Å²) in [5.41, 5.74) is 2.91. The van der Waals surface area contributed by atoms with Gasteiger partial charge in [-0.1, -0.05) is 151 Å². The van der Waals surface area contributed by atoms with Crippen LogP contribution in [0.3, 0.4) is 0 Å². The monoisotopic (exact) mass is 557 g/mol. The second-order valence-corrected chi connectivity index (χ2v) is 10.4. The van der Waals surface area contributed by atoms with Gasteiger partial charge in [0.25, 0.3) is 0 Å². The van der Waals surface area contributed by atoms with Gasteiger partial charge in [-0.15, -0.1) is 0 Å². The lowest BCUT2D eigenvalue weighted by atomic mass is 9.83. The number of fused-ring (bicyclic) bond motifs is 6. The maximum atomic E-state index is 9.62. The molecule has 0 atom stereocenters. The molecule has 8 aromatic carbocycles. The third kappa shape index (κ3) is 3.58. The van der Waals surface area contributed by atoms with Crippen LogP contribution in [0.2, 0.25) is 0 Å². The van der Waals surface area contributed by atoms with E-state index in [-0.39, 0.29) is 21.9 Å². The first-order valence-electron chi connectivity index (χ1n) is 19.4. The van der Waals surface area contributed by atoms with Crippen LogP contribution in [0.1, 0.15) is 15.1 Å². The molecule has 0 aliphatic rings. The quantitative estimate of drug-likeness (QED) is 0.197. The van der Waals surface area contributed by atoms with Gasteiger partial charge >= 0.3 is 0 Å². The molecule has 9 aromatic rings. The van der Waals surface area contributed by atoms with Crippen LogP contribution in [0.25, 0.3) is 87.6 Å². The smallest absolute Gasteiger partial charge is 0.143 e. The minimum atomic E-state index is -0.665. The molecule has 0 radical (unpaired) electrons. The first-order valence-corrected chi connectivity index (χ1v) is 13.9. The first kappa shape index (κ1) is 15.5. The maximum absolute atomic E-state index is 9.62. The largest absolute Gasteiger partial charge is 0.455 e. The van der Waals surface area contributed by atoms with Crippen LogP contribution in [0.5, 0.6) is 0 Å². The van der Waals surface area contributed by atoms with Gasteiger partial charge in [0.15, 0.2) is 0 Å². The van der Waals surface area contributed by atoms with Crippen molar-refractivity contribution in [3.8, 4) is 33.4 Å². The predicted octanol–water partition coefficient (Wildman–Crippen LogP) is 12.0. The highest BCUT2D eigenvalue weighted by molar-refractivity contribution is 6.26. The Kier molecular flexibility index (Phi) is 3.41. The van der Waals surface area contributed by atoms with Crippen molar-refractivity contribution < 1.29 is 19.5 Å². The van der Waals surface area contributed by atoms with Crippen LogP contribution in [0.15, 0.2) is 162 Å². The van der Waals surface area contributed by atoms with Crippen molar-refractivity contribution in [3.63, 3.8) is 0 Å². The Labute approximate surface area is 264 Å². The van der Waals surface area contributed by atoms with E-state index in [0.29, 0.717) is 21.9 Å². The average Bonchev–Trinajstić information content (AvgIpc) is 3.58. The lowest BCUT2D eigenvalue weighted by Crippen LogP contribution is -1.92. The van der Waals surface area contributed by atoms with E-state index in [1.165, 1.54) is 0 Å². The van der Waals surface area contributed by atoms with E-state index >= 15 is 0 Å². The fourth-order valence-electron chi connectivity index (χ4n) is 6.32. The Morgan fingerprint density at radius 1 is 0.372 bits per heavy atom. The topological polar surface area (TPSA) is 13.1 Å². The van der Waals surface area contributed by atoms with Crippen LogP contribution >= 0.6 is 0 Å². The molecule has 1 aromatic heterocycles. The Bertz CT molecular complexity index is 3040. The minimum Gasteiger partial charge on any atom is -0.455 e. The summed E-state index contributed by atoms with van der Waals surface area (Å²) >= 11 is 0. The summed E-state index contributed by atoms with van der Waals surface area (Å²) in [6.45, 7) is 0. The summed E-state index contributed by atoms with van der Waals surface area (Å²) in [4.78, 5) is 0. The zero-order valence-electron chi connectivity index (χ0n) is 33.6. The predicted molar refractivity (Wildman–Crippen MR) is 183 cm³/mol. The molecule has 0 aliphatic carbocycles.